The molecule has 0 saturated carbocycles. The summed E-state index contributed by atoms with van der Waals surface area (Å²) >= 11 is 0. The molecule has 3 rings (SSSR count). The van der Waals surface area contributed by atoms with Crippen molar-refractivity contribution < 1.29 is 0 Å². The van der Waals surface area contributed by atoms with Crippen LogP contribution < -0.4 is 0 Å². The van der Waals surface area contributed by atoms with Crippen LogP contribution in [0, 0.1) is 5.41 Å². The first kappa shape index (κ1) is 8.35. The number of halogens is 1. The number of fused-ring (bicyclic) bond motifs is 3. The van der Waals surface area contributed by atoms with Gasteiger partial charge in [-0.2, -0.15) is 0 Å². The van der Waals surface area contributed by atoms with Crippen molar-refractivity contribution in [1.29, 1.82) is 0 Å². The number of piperidine rings is 3. The topological polar surface area (TPSA) is 3.24 Å². The third-order valence-corrected chi connectivity index (χ3v) is 3.09. The summed E-state index contributed by atoms with van der Waals surface area (Å²) in [7, 11) is 0. The first-order valence-electron chi connectivity index (χ1n) is 4.01. The van der Waals surface area contributed by atoms with E-state index in [1.165, 1.54) is 38.9 Å². The third-order valence-electron chi connectivity index (χ3n) is 3.09. The van der Waals surface area contributed by atoms with E-state index in [-0.39, 0.29) is 12.4 Å². The van der Waals surface area contributed by atoms with Gasteiger partial charge in [0.25, 0.3) is 0 Å². The summed E-state index contributed by atoms with van der Waals surface area (Å²) in [5.74, 6) is 0. The SMILES string of the molecule is CC12CCN(CC1)CC2.Cl. The maximum absolute atomic E-state index is 2.59. The highest BCUT2D eigenvalue weighted by atomic mass is 35.5. The van der Waals surface area contributed by atoms with Crippen LogP contribution in [-0.2, 0) is 0 Å². The molecule has 0 amide bonds. The molecule has 3 fully saturated rings. The third kappa shape index (κ3) is 1.30. The Morgan fingerprint density at radius 3 is 1.60 bits per heavy atom. The predicted molar refractivity (Wildman–Crippen MR) is 45.6 cm³/mol. The van der Waals surface area contributed by atoms with Gasteiger partial charge in [-0.1, -0.05) is 6.92 Å². The summed E-state index contributed by atoms with van der Waals surface area (Å²) in [6.45, 7) is 6.56. The average Bonchev–Trinajstić information content (AvgIpc) is 1.90. The fraction of sp³-hybridized carbons (Fsp3) is 1.00. The van der Waals surface area contributed by atoms with Gasteiger partial charge in [-0.25, -0.2) is 0 Å². The molecule has 0 radical (unpaired) electrons. The van der Waals surface area contributed by atoms with Gasteiger partial charge in [0, 0.05) is 0 Å². The molecule has 0 aliphatic carbocycles. The van der Waals surface area contributed by atoms with Crippen molar-refractivity contribution in [3.63, 3.8) is 0 Å². The van der Waals surface area contributed by atoms with Crippen LogP contribution in [0.5, 0.6) is 0 Å². The lowest BCUT2D eigenvalue weighted by Crippen LogP contribution is -2.46. The second-order valence-corrected chi connectivity index (χ2v) is 3.90. The van der Waals surface area contributed by atoms with E-state index < -0.39 is 0 Å². The molecule has 3 aliphatic heterocycles. The van der Waals surface area contributed by atoms with Crippen LogP contribution in [0.2, 0.25) is 0 Å². The molecule has 3 saturated heterocycles. The molecular weight excluding hydrogens is 146 g/mol. The highest BCUT2D eigenvalue weighted by molar-refractivity contribution is 5.85. The first-order valence-corrected chi connectivity index (χ1v) is 4.01. The Hall–Kier alpha value is 0.250. The van der Waals surface area contributed by atoms with E-state index in [9.17, 15) is 0 Å². The zero-order valence-electron chi connectivity index (χ0n) is 6.60. The molecule has 60 valence electrons. The molecular formula is C8H16ClN. The van der Waals surface area contributed by atoms with E-state index in [1.54, 1.807) is 0 Å². The molecule has 0 aromatic heterocycles. The molecule has 0 aromatic carbocycles. The van der Waals surface area contributed by atoms with Crippen molar-refractivity contribution in [2.75, 3.05) is 19.6 Å². The highest BCUT2D eigenvalue weighted by Gasteiger charge is 2.34. The predicted octanol–water partition coefficient (Wildman–Crippen LogP) is 1.91. The number of hydrogen-bond donors (Lipinski definition) is 0. The van der Waals surface area contributed by atoms with Gasteiger partial charge < -0.3 is 4.90 Å². The minimum absolute atomic E-state index is 0. The molecule has 0 spiro atoms. The molecule has 3 heterocycles. The summed E-state index contributed by atoms with van der Waals surface area (Å²) in [6.07, 6.45) is 4.35. The highest BCUT2D eigenvalue weighted by Crippen LogP contribution is 2.38. The van der Waals surface area contributed by atoms with Gasteiger partial charge in [0.2, 0.25) is 0 Å². The standard InChI is InChI=1S/C8H15N.ClH/c1-8-2-5-9(6-3-8)7-4-8;/h2-7H2,1H3;1H. The Morgan fingerprint density at radius 2 is 1.40 bits per heavy atom. The van der Waals surface area contributed by atoms with E-state index >= 15 is 0 Å². The van der Waals surface area contributed by atoms with Gasteiger partial charge in [0.05, 0.1) is 0 Å². The summed E-state index contributed by atoms with van der Waals surface area (Å²) < 4.78 is 0. The molecule has 0 unspecified atom stereocenters. The van der Waals surface area contributed by atoms with E-state index in [1.807, 2.05) is 0 Å². The van der Waals surface area contributed by atoms with Crippen LogP contribution in [0.25, 0.3) is 0 Å². The molecule has 0 atom stereocenters. The van der Waals surface area contributed by atoms with Crippen LogP contribution in [0.1, 0.15) is 26.2 Å². The summed E-state index contributed by atoms with van der Waals surface area (Å²) in [5.41, 5.74) is 0.745. The lowest BCUT2D eigenvalue weighted by atomic mass is 9.74. The van der Waals surface area contributed by atoms with Crippen LogP contribution in [0.15, 0.2) is 0 Å². The molecule has 3 aliphatic rings. The van der Waals surface area contributed by atoms with Gasteiger partial charge >= 0.3 is 0 Å². The first-order chi connectivity index (χ1) is 4.29. The molecule has 1 nitrogen and oxygen atoms in total. The Balaban J connectivity index is 0.000000500. The van der Waals surface area contributed by atoms with Crippen molar-refractivity contribution in [3.8, 4) is 0 Å². The van der Waals surface area contributed by atoms with Gasteiger partial charge in [0.1, 0.15) is 0 Å². The van der Waals surface area contributed by atoms with Crippen molar-refractivity contribution in [2.45, 2.75) is 26.2 Å². The zero-order chi connectivity index (χ0) is 6.32. The van der Waals surface area contributed by atoms with Gasteiger partial charge in [-0.05, 0) is 44.3 Å². The van der Waals surface area contributed by atoms with Crippen LogP contribution >= 0.6 is 12.4 Å². The maximum Gasteiger partial charge on any atom is -0.00135 e. The fourth-order valence-corrected chi connectivity index (χ4v) is 1.99. The van der Waals surface area contributed by atoms with Crippen LogP contribution in [-0.4, -0.2) is 24.5 Å². The molecule has 10 heavy (non-hydrogen) atoms. The second kappa shape index (κ2) is 2.71. The van der Waals surface area contributed by atoms with Crippen molar-refractivity contribution in [2.24, 2.45) is 5.41 Å². The Kier molecular flexibility index (Phi) is 2.26. The van der Waals surface area contributed by atoms with Gasteiger partial charge in [-0.3, -0.25) is 0 Å². The van der Waals surface area contributed by atoms with E-state index in [0.717, 1.165) is 5.41 Å². The monoisotopic (exact) mass is 161 g/mol. The Morgan fingerprint density at radius 1 is 1.00 bits per heavy atom. The van der Waals surface area contributed by atoms with Gasteiger partial charge in [0.15, 0.2) is 0 Å². The summed E-state index contributed by atoms with van der Waals surface area (Å²) in [4.78, 5) is 2.59. The lowest BCUT2D eigenvalue weighted by molar-refractivity contribution is 0.0405. The van der Waals surface area contributed by atoms with E-state index in [4.69, 9.17) is 0 Å². The quantitative estimate of drug-likeness (QED) is 0.525. The summed E-state index contributed by atoms with van der Waals surface area (Å²) in [5, 5.41) is 0. The maximum atomic E-state index is 2.59. The molecule has 0 N–H and O–H groups in total. The van der Waals surface area contributed by atoms with Crippen LogP contribution in [0.4, 0.5) is 0 Å². The largest absolute Gasteiger partial charge is 0.303 e. The number of hydrogen-bond acceptors (Lipinski definition) is 1. The van der Waals surface area contributed by atoms with Crippen molar-refractivity contribution in [1.82, 2.24) is 4.90 Å². The number of rotatable bonds is 0. The molecule has 2 bridgehead atoms. The minimum atomic E-state index is 0. The van der Waals surface area contributed by atoms with Gasteiger partial charge in [-0.15, -0.1) is 12.4 Å². The van der Waals surface area contributed by atoms with Crippen LogP contribution in [0.3, 0.4) is 0 Å². The summed E-state index contributed by atoms with van der Waals surface area (Å²) in [6, 6.07) is 0. The van der Waals surface area contributed by atoms with E-state index in [0.29, 0.717) is 0 Å². The smallest absolute Gasteiger partial charge is 0.00135 e. The molecule has 2 heteroatoms. The van der Waals surface area contributed by atoms with E-state index in [2.05, 4.69) is 11.8 Å². The normalized spacial score (nSPS) is 44.7. The van der Waals surface area contributed by atoms with Crippen molar-refractivity contribution in [3.05, 3.63) is 0 Å². The number of nitrogens with zero attached hydrogens (tertiary/aromatic N) is 1. The Labute approximate surface area is 69.2 Å². The fourth-order valence-electron chi connectivity index (χ4n) is 1.99. The Bertz CT molecular complexity index is 103. The lowest BCUT2D eigenvalue weighted by Gasteiger charge is -2.46. The van der Waals surface area contributed by atoms with Crippen molar-refractivity contribution >= 4 is 12.4 Å². The average molecular weight is 162 g/mol. The molecule has 0 aromatic rings. The second-order valence-electron chi connectivity index (χ2n) is 3.90. The zero-order valence-corrected chi connectivity index (χ0v) is 7.41. The minimum Gasteiger partial charge on any atom is -0.303 e.